The van der Waals surface area contributed by atoms with Crippen LogP contribution in [0.5, 0.6) is 0 Å². The number of hydrogen-bond donors (Lipinski definition) is 2. The van der Waals surface area contributed by atoms with Crippen molar-refractivity contribution in [3.05, 3.63) is 59.7 Å². The maximum absolute atomic E-state index is 13.5. The lowest BCUT2D eigenvalue weighted by Crippen LogP contribution is -2.18. The van der Waals surface area contributed by atoms with E-state index in [4.69, 9.17) is 10.9 Å². The van der Waals surface area contributed by atoms with Crippen LogP contribution in [0.2, 0.25) is 0 Å². The maximum Gasteiger partial charge on any atom is 0.186 e. The van der Waals surface area contributed by atoms with Crippen molar-refractivity contribution in [3.63, 3.8) is 0 Å². The van der Waals surface area contributed by atoms with Crippen molar-refractivity contribution < 1.29 is 9.60 Å². The normalized spacial score (nSPS) is 11.7. The molecule has 1 aromatic heterocycles. The molecule has 17 heavy (non-hydrogen) atoms. The molecule has 5 heteroatoms. The van der Waals surface area contributed by atoms with Crippen molar-refractivity contribution in [2.45, 2.75) is 6.54 Å². The van der Waals surface area contributed by atoms with Crippen molar-refractivity contribution in [2.24, 2.45) is 10.9 Å². The highest BCUT2D eigenvalue weighted by atomic mass is 19.1. The van der Waals surface area contributed by atoms with Gasteiger partial charge in [0.2, 0.25) is 0 Å². The Kier molecular flexibility index (Phi) is 3.09. The van der Waals surface area contributed by atoms with Crippen LogP contribution < -0.4 is 5.73 Å². The zero-order valence-corrected chi connectivity index (χ0v) is 9.05. The fraction of sp³-hybridized carbons (Fsp3) is 0.0833. The average Bonchev–Trinajstić information content (AvgIpc) is 2.79. The number of hydrogen-bond acceptors (Lipinski definition) is 2. The van der Waals surface area contributed by atoms with Crippen molar-refractivity contribution >= 4 is 5.84 Å². The van der Waals surface area contributed by atoms with Gasteiger partial charge in [0.15, 0.2) is 5.84 Å². The molecule has 1 heterocycles. The van der Waals surface area contributed by atoms with E-state index in [1.54, 1.807) is 41.1 Å². The first kappa shape index (κ1) is 11.2. The topological polar surface area (TPSA) is 63.5 Å². The van der Waals surface area contributed by atoms with Crippen molar-refractivity contribution in [1.29, 1.82) is 0 Å². The van der Waals surface area contributed by atoms with E-state index in [-0.39, 0.29) is 11.7 Å². The summed E-state index contributed by atoms with van der Waals surface area (Å²) in [6.07, 6.45) is 1.75. The Hall–Kier alpha value is -2.30. The lowest BCUT2D eigenvalue weighted by atomic mass is 10.2. The van der Waals surface area contributed by atoms with Gasteiger partial charge in [-0.2, -0.15) is 0 Å². The SMILES string of the molecule is N/C(=N/O)c1cccn1Cc1ccccc1F. The number of amidine groups is 1. The van der Waals surface area contributed by atoms with Crippen molar-refractivity contribution in [2.75, 3.05) is 0 Å². The van der Waals surface area contributed by atoms with Crippen LogP contribution in [0.15, 0.2) is 47.8 Å². The van der Waals surface area contributed by atoms with Gasteiger partial charge in [-0.3, -0.25) is 0 Å². The van der Waals surface area contributed by atoms with Crippen LogP contribution in [0, 0.1) is 5.82 Å². The summed E-state index contributed by atoms with van der Waals surface area (Å²) in [5, 5.41) is 11.6. The summed E-state index contributed by atoms with van der Waals surface area (Å²) < 4.78 is 15.2. The summed E-state index contributed by atoms with van der Waals surface area (Å²) in [6.45, 7) is 0.339. The Balaban J connectivity index is 2.32. The minimum atomic E-state index is -0.272. The number of halogens is 1. The first-order valence-electron chi connectivity index (χ1n) is 5.09. The van der Waals surface area contributed by atoms with Gasteiger partial charge in [0.25, 0.3) is 0 Å². The van der Waals surface area contributed by atoms with Gasteiger partial charge >= 0.3 is 0 Å². The number of rotatable bonds is 3. The molecule has 0 bridgehead atoms. The standard InChI is InChI=1S/C12H12FN3O/c13-10-5-2-1-4-9(10)8-16-7-3-6-11(16)12(14)15-17/h1-7,17H,8H2,(H2,14,15). The summed E-state index contributed by atoms with van der Waals surface area (Å²) >= 11 is 0. The summed E-state index contributed by atoms with van der Waals surface area (Å²) in [5.41, 5.74) is 6.62. The second kappa shape index (κ2) is 4.69. The van der Waals surface area contributed by atoms with Crippen LogP contribution in [0.25, 0.3) is 0 Å². The van der Waals surface area contributed by atoms with Crippen LogP contribution in [0.1, 0.15) is 11.3 Å². The molecule has 2 aromatic rings. The highest BCUT2D eigenvalue weighted by Gasteiger charge is 2.08. The van der Waals surface area contributed by atoms with E-state index < -0.39 is 0 Å². The quantitative estimate of drug-likeness (QED) is 0.367. The van der Waals surface area contributed by atoms with E-state index in [2.05, 4.69) is 5.16 Å². The molecular formula is C12H12FN3O. The third-order valence-corrected chi connectivity index (χ3v) is 2.50. The van der Waals surface area contributed by atoms with Crippen LogP contribution in [0.3, 0.4) is 0 Å². The molecule has 0 fully saturated rings. The van der Waals surface area contributed by atoms with E-state index >= 15 is 0 Å². The molecular weight excluding hydrogens is 221 g/mol. The fourth-order valence-corrected chi connectivity index (χ4v) is 1.65. The van der Waals surface area contributed by atoms with Crippen molar-refractivity contribution in [1.82, 2.24) is 4.57 Å². The second-order valence-electron chi connectivity index (χ2n) is 3.60. The van der Waals surface area contributed by atoms with E-state index in [0.29, 0.717) is 17.8 Å². The molecule has 0 saturated heterocycles. The monoisotopic (exact) mass is 233 g/mol. The van der Waals surface area contributed by atoms with Gasteiger partial charge in [0.1, 0.15) is 5.82 Å². The minimum absolute atomic E-state index is 0.00587. The summed E-state index contributed by atoms with van der Waals surface area (Å²) in [6, 6.07) is 9.97. The van der Waals surface area contributed by atoms with Crippen LogP contribution in [-0.2, 0) is 6.54 Å². The Morgan fingerprint density at radius 1 is 1.29 bits per heavy atom. The fourth-order valence-electron chi connectivity index (χ4n) is 1.65. The molecule has 0 aliphatic carbocycles. The molecule has 3 N–H and O–H groups in total. The largest absolute Gasteiger partial charge is 0.409 e. The summed E-state index contributed by atoms with van der Waals surface area (Å²) in [4.78, 5) is 0. The van der Waals surface area contributed by atoms with Gasteiger partial charge in [-0.15, -0.1) is 0 Å². The molecule has 0 aliphatic rings. The molecule has 0 saturated carbocycles. The van der Waals surface area contributed by atoms with Gasteiger partial charge in [-0.25, -0.2) is 4.39 Å². The molecule has 0 aliphatic heterocycles. The predicted octanol–water partition coefficient (Wildman–Crippen LogP) is 1.77. The smallest absolute Gasteiger partial charge is 0.186 e. The van der Waals surface area contributed by atoms with Gasteiger partial charge in [-0.05, 0) is 18.2 Å². The minimum Gasteiger partial charge on any atom is -0.409 e. The lowest BCUT2D eigenvalue weighted by molar-refractivity contribution is 0.318. The Bertz CT molecular complexity index is 548. The molecule has 2 rings (SSSR count). The molecule has 1 aromatic carbocycles. The van der Waals surface area contributed by atoms with Gasteiger partial charge in [-0.1, -0.05) is 23.4 Å². The number of benzene rings is 1. The summed E-state index contributed by atoms with van der Waals surface area (Å²) in [7, 11) is 0. The molecule has 0 atom stereocenters. The predicted molar refractivity (Wildman–Crippen MR) is 62.4 cm³/mol. The van der Waals surface area contributed by atoms with Crippen LogP contribution in [0.4, 0.5) is 4.39 Å². The third kappa shape index (κ3) is 2.28. The summed E-state index contributed by atoms with van der Waals surface area (Å²) in [5.74, 6) is -0.266. The van der Waals surface area contributed by atoms with Gasteiger partial charge in [0.05, 0.1) is 12.2 Å². The molecule has 0 amide bonds. The molecule has 0 unspecified atom stereocenters. The maximum atomic E-state index is 13.5. The molecule has 0 radical (unpaired) electrons. The second-order valence-corrected chi connectivity index (χ2v) is 3.60. The highest BCUT2D eigenvalue weighted by molar-refractivity contribution is 5.95. The third-order valence-electron chi connectivity index (χ3n) is 2.50. The molecule has 4 nitrogen and oxygen atoms in total. The molecule has 0 spiro atoms. The first-order valence-corrected chi connectivity index (χ1v) is 5.09. The van der Waals surface area contributed by atoms with Gasteiger partial charge < -0.3 is 15.5 Å². The molecule has 88 valence electrons. The van der Waals surface area contributed by atoms with E-state index in [1.165, 1.54) is 6.07 Å². The zero-order valence-electron chi connectivity index (χ0n) is 9.05. The lowest BCUT2D eigenvalue weighted by Gasteiger charge is -2.08. The Labute approximate surface area is 97.8 Å². The van der Waals surface area contributed by atoms with E-state index in [1.807, 2.05) is 0 Å². The number of oxime groups is 1. The van der Waals surface area contributed by atoms with E-state index in [0.717, 1.165) is 0 Å². The average molecular weight is 233 g/mol. The van der Waals surface area contributed by atoms with Crippen LogP contribution in [-0.4, -0.2) is 15.6 Å². The van der Waals surface area contributed by atoms with E-state index in [9.17, 15) is 4.39 Å². The highest BCUT2D eigenvalue weighted by Crippen LogP contribution is 2.11. The first-order chi connectivity index (χ1) is 8.22. The zero-order chi connectivity index (χ0) is 12.3. The Morgan fingerprint density at radius 3 is 2.76 bits per heavy atom. The number of aromatic nitrogens is 1. The number of nitrogens with zero attached hydrogens (tertiary/aromatic N) is 2. The Morgan fingerprint density at radius 2 is 2.06 bits per heavy atom. The number of nitrogens with two attached hydrogens (primary N) is 1. The van der Waals surface area contributed by atoms with Crippen LogP contribution >= 0.6 is 0 Å². The van der Waals surface area contributed by atoms with Gasteiger partial charge in [0, 0.05) is 11.8 Å². The van der Waals surface area contributed by atoms with Crippen molar-refractivity contribution in [3.8, 4) is 0 Å².